The maximum absolute atomic E-state index is 13.4. The molecule has 2 rings (SSSR count). The van der Waals surface area contributed by atoms with E-state index in [-0.39, 0.29) is 17.1 Å². The van der Waals surface area contributed by atoms with Gasteiger partial charge in [-0.05, 0) is 24.3 Å². The normalized spacial score (nSPS) is 10.2. The fourth-order valence-electron chi connectivity index (χ4n) is 1.67. The number of carbonyl (C=O) groups is 2. The second-order valence-corrected chi connectivity index (χ2v) is 4.14. The largest absolute Gasteiger partial charge is 0.477 e. The fraction of sp³-hybridized carbons (Fsp3) is 0.0714. The van der Waals surface area contributed by atoms with Crippen LogP contribution in [0.15, 0.2) is 36.4 Å². The lowest BCUT2D eigenvalue weighted by atomic mass is 10.1. The van der Waals surface area contributed by atoms with Crippen LogP contribution in [0.25, 0.3) is 0 Å². The molecule has 0 spiro atoms. The van der Waals surface area contributed by atoms with Gasteiger partial charge in [0.15, 0.2) is 5.69 Å². The molecule has 2 N–H and O–H groups in total. The maximum atomic E-state index is 13.4. The monoisotopic (exact) mass is 292 g/mol. The number of aromatic nitrogens is 1. The molecule has 0 aliphatic carbocycles. The Labute approximate surface area is 118 Å². The van der Waals surface area contributed by atoms with E-state index in [0.717, 1.165) is 12.1 Å². The summed E-state index contributed by atoms with van der Waals surface area (Å²) in [6.07, 6.45) is -0.516. The molecule has 0 saturated carbocycles. The molecule has 1 aromatic carbocycles. The van der Waals surface area contributed by atoms with E-state index in [1.165, 1.54) is 24.3 Å². The maximum Gasteiger partial charge on any atom is 0.354 e. The van der Waals surface area contributed by atoms with Crippen LogP contribution < -0.4 is 5.32 Å². The Hall–Kier alpha value is -2.83. The molecule has 0 unspecified atom stereocenters. The fourth-order valence-corrected chi connectivity index (χ4v) is 1.67. The van der Waals surface area contributed by atoms with E-state index in [1.807, 2.05) is 0 Å². The number of aromatic carboxylic acids is 1. The molecule has 108 valence electrons. The van der Waals surface area contributed by atoms with Gasteiger partial charge in [-0.25, -0.2) is 18.6 Å². The van der Waals surface area contributed by atoms with Crippen LogP contribution in [0, 0.1) is 11.6 Å². The first-order valence-electron chi connectivity index (χ1n) is 5.90. The lowest BCUT2D eigenvalue weighted by Crippen LogP contribution is -2.17. The molecule has 0 saturated heterocycles. The van der Waals surface area contributed by atoms with E-state index in [1.54, 1.807) is 0 Å². The Morgan fingerprint density at radius 2 is 1.71 bits per heavy atom. The number of nitrogens with one attached hydrogen (secondary N) is 1. The van der Waals surface area contributed by atoms with Gasteiger partial charge < -0.3 is 10.4 Å². The predicted molar refractivity (Wildman–Crippen MR) is 69.9 cm³/mol. The molecule has 7 heteroatoms. The average molecular weight is 292 g/mol. The zero-order valence-electron chi connectivity index (χ0n) is 10.6. The van der Waals surface area contributed by atoms with Crippen molar-refractivity contribution in [3.63, 3.8) is 0 Å². The molecule has 21 heavy (non-hydrogen) atoms. The number of rotatable bonds is 4. The van der Waals surface area contributed by atoms with Gasteiger partial charge in [-0.2, -0.15) is 0 Å². The number of amides is 1. The summed E-state index contributed by atoms with van der Waals surface area (Å²) in [4.78, 5) is 26.2. The number of carbonyl (C=O) groups excluding carboxylic acids is 1. The Morgan fingerprint density at radius 3 is 2.33 bits per heavy atom. The van der Waals surface area contributed by atoms with Crippen molar-refractivity contribution in [1.29, 1.82) is 0 Å². The Balaban J connectivity index is 2.12. The molecule has 0 aliphatic heterocycles. The third-order valence-electron chi connectivity index (χ3n) is 2.63. The Morgan fingerprint density at radius 1 is 1.10 bits per heavy atom. The first kappa shape index (κ1) is 14.6. The number of carboxylic acids is 1. The first-order valence-corrected chi connectivity index (χ1v) is 5.90. The van der Waals surface area contributed by atoms with Crippen molar-refractivity contribution in [2.24, 2.45) is 0 Å². The Bertz CT molecular complexity index is 684. The summed E-state index contributed by atoms with van der Waals surface area (Å²) in [5.41, 5.74) is -0.603. The van der Waals surface area contributed by atoms with Crippen LogP contribution in [0.4, 0.5) is 14.6 Å². The summed E-state index contributed by atoms with van der Waals surface area (Å²) in [5.74, 6) is -3.59. The molecule has 5 nitrogen and oxygen atoms in total. The third kappa shape index (κ3) is 3.59. The van der Waals surface area contributed by atoms with Crippen molar-refractivity contribution in [3.05, 3.63) is 59.3 Å². The number of benzene rings is 1. The van der Waals surface area contributed by atoms with Gasteiger partial charge in [-0.1, -0.05) is 12.1 Å². The lowest BCUT2D eigenvalue weighted by molar-refractivity contribution is -0.115. The minimum atomic E-state index is -1.24. The zero-order chi connectivity index (χ0) is 15.4. The Kier molecular flexibility index (Phi) is 4.22. The van der Waals surface area contributed by atoms with E-state index in [9.17, 15) is 18.4 Å². The van der Waals surface area contributed by atoms with Gasteiger partial charge in [-0.3, -0.25) is 4.79 Å². The van der Waals surface area contributed by atoms with Crippen LogP contribution in [-0.2, 0) is 11.2 Å². The third-order valence-corrected chi connectivity index (χ3v) is 2.63. The molecule has 0 radical (unpaired) electrons. The summed E-state index contributed by atoms with van der Waals surface area (Å²) >= 11 is 0. The summed E-state index contributed by atoms with van der Waals surface area (Å²) in [6, 6.07) is 7.33. The molecular weight excluding hydrogens is 282 g/mol. The molecule has 0 aliphatic rings. The number of carboxylic acid groups (broad SMARTS) is 1. The van der Waals surface area contributed by atoms with Crippen LogP contribution in [0.2, 0.25) is 0 Å². The number of halogens is 2. The van der Waals surface area contributed by atoms with E-state index in [4.69, 9.17) is 5.11 Å². The van der Waals surface area contributed by atoms with Crippen molar-refractivity contribution in [1.82, 2.24) is 4.98 Å². The van der Waals surface area contributed by atoms with Crippen molar-refractivity contribution in [2.75, 3.05) is 5.32 Å². The SMILES string of the molecule is O=C(Cc1c(F)cccc1F)Nc1cccc(C(=O)O)n1. The quantitative estimate of drug-likeness (QED) is 0.905. The van der Waals surface area contributed by atoms with Gasteiger partial charge in [0.2, 0.25) is 5.91 Å². The van der Waals surface area contributed by atoms with Crippen LogP contribution in [0.1, 0.15) is 16.1 Å². The number of hydrogen-bond acceptors (Lipinski definition) is 3. The van der Waals surface area contributed by atoms with Crippen LogP contribution in [0.5, 0.6) is 0 Å². The summed E-state index contributed by atoms with van der Waals surface area (Å²) in [5, 5.41) is 11.1. The molecule has 2 aromatic rings. The van der Waals surface area contributed by atoms with Crippen LogP contribution in [0.3, 0.4) is 0 Å². The highest BCUT2D eigenvalue weighted by atomic mass is 19.1. The van der Waals surface area contributed by atoms with Crippen LogP contribution in [-0.4, -0.2) is 22.0 Å². The highest BCUT2D eigenvalue weighted by Gasteiger charge is 2.14. The standard InChI is InChI=1S/C14H10F2N2O3/c15-9-3-1-4-10(16)8(9)7-13(19)18-12-6-2-5-11(17-12)14(20)21/h1-6H,7H2,(H,20,21)(H,17,18,19). The highest BCUT2D eigenvalue weighted by molar-refractivity contribution is 5.92. The summed E-state index contributed by atoms with van der Waals surface area (Å²) < 4.78 is 26.8. The van der Waals surface area contributed by atoms with Gasteiger partial charge in [0.1, 0.15) is 17.5 Å². The second-order valence-electron chi connectivity index (χ2n) is 4.14. The molecule has 1 aromatic heterocycles. The van der Waals surface area contributed by atoms with E-state index in [2.05, 4.69) is 10.3 Å². The molecule has 1 amide bonds. The molecular formula is C14H10F2N2O3. The second kappa shape index (κ2) is 6.08. The smallest absolute Gasteiger partial charge is 0.354 e. The predicted octanol–water partition coefficient (Wildman–Crippen LogP) is 2.24. The van der Waals surface area contributed by atoms with Gasteiger partial charge >= 0.3 is 5.97 Å². The van der Waals surface area contributed by atoms with Crippen molar-refractivity contribution < 1.29 is 23.5 Å². The van der Waals surface area contributed by atoms with Crippen LogP contribution >= 0.6 is 0 Å². The number of hydrogen-bond donors (Lipinski definition) is 2. The minimum absolute atomic E-state index is 0.00310. The molecule has 0 fully saturated rings. The summed E-state index contributed by atoms with van der Waals surface area (Å²) in [7, 11) is 0. The van der Waals surface area contributed by atoms with Crippen molar-refractivity contribution >= 4 is 17.7 Å². The minimum Gasteiger partial charge on any atom is -0.477 e. The lowest BCUT2D eigenvalue weighted by Gasteiger charge is -2.06. The van der Waals surface area contributed by atoms with E-state index < -0.39 is 29.9 Å². The molecule has 0 bridgehead atoms. The highest BCUT2D eigenvalue weighted by Crippen LogP contribution is 2.13. The van der Waals surface area contributed by atoms with Gasteiger partial charge in [0.05, 0.1) is 6.42 Å². The number of pyridine rings is 1. The van der Waals surface area contributed by atoms with Gasteiger partial charge in [0, 0.05) is 5.56 Å². The zero-order valence-corrected chi connectivity index (χ0v) is 10.6. The van der Waals surface area contributed by atoms with Gasteiger partial charge in [-0.15, -0.1) is 0 Å². The molecule has 0 atom stereocenters. The first-order chi connectivity index (χ1) is 9.97. The van der Waals surface area contributed by atoms with E-state index >= 15 is 0 Å². The summed E-state index contributed by atoms with van der Waals surface area (Å²) in [6.45, 7) is 0. The van der Waals surface area contributed by atoms with Crippen molar-refractivity contribution in [3.8, 4) is 0 Å². The molecule has 1 heterocycles. The topological polar surface area (TPSA) is 79.3 Å². The van der Waals surface area contributed by atoms with E-state index in [0.29, 0.717) is 0 Å². The average Bonchev–Trinajstić information content (AvgIpc) is 2.43. The number of anilines is 1. The number of nitrogens with zero attached hydrogens (tertiary/aromatic N) is 1. The van der Waals surface area contributed by atoms with Gasteiger partial charge in [0.25, 0.3) is 0 Å². The van der Waals surface area contributed by atoms with Crippen molar-refractivity contribution in [2.45, 2.75) is 6.42 Å².